The zero-order valence-corrected chi connectivity index (χ0v) is 16.6. The van der Waals surface area contributed by atoms with Crippen molar-refractivity contribution in [2.45, 2.75) is 44.8 Å². The van der Waals surface area contributed by atoms with E-state index in [2.05, 4.69) is 0 Å². The van der Waals surface area contributed by atoms with Crippen molar-refractivity contribution in [1.82, 2.24) is 0 Å². The molecule has 0 spiro atoms. The highest BCUT2D eigenvalue weighted by atomic mass is 16.6. The molecule has 0 saturated carbocycles. The summed E-state index contributed by atoms with van der Waals surface area (Å²) >= 11 is 0. The van der Waals surface area contributed by atoms with Crippen molar-refractivity contribution < 1.29 is 24.5 Å². The van der Waals surface area contributed by atoms with E-state index in [-0.39, 0.29) is 5.57 Å². The fraction of sp³-hybridized carbons (Fsp3) is 0.333. The van der Waals surface area contributed by atoms with Gasteiger partial charge < -0.3 is 14.9 Å². The third-order valence-electron chi connectivity index (χ3n) is 5.57. The molecule has 0 fully saturated rings. The number of rotatable bonds is 7. The Morgan fingerprint density at radius 1 is 0.897 bits per heavy atom. The first-order chi connectivity index (χ1) is 14.0. The Morgan fingerprint density at radius 2 is 1.45 bits per heavy atom. The normalized spacial score (nSPS) is 20.2. The van der Waals surface area contributed by atoms with Crippen LogP contribution in [0.25, 0.3) is 0 Å². The predicted molar refractivity (Wildman–Crippen MR) is 109 cm³/mol. The molecule has 1 aliphatic heterocycles. The van der Waals surface area contributed by atoms with E-state index < -0.39 is 41.6 Å². The smallest absolute Gasteiger partial charge is 0.339 e. The minimum absolute atomic E-state index is 0.0102. The van der Waals surface area contributed by atoms with Gasteiger partial charge in [0.1, 0.15) is 0 Å². The molecule has 4 atom stereocenters. The second kappa shape index (κ2) is 9.05. The topological polar surface area (TPSA) is 83.8 Å². The van der Waals surface area contributed by atoms with E-state index in [4.69, 9.17) is 4.74 Å². The first-order valence-electron chi connectivity index (χ1n) is 9.95. The Balaban J connectivity index is 1.94. The number of hydrogen-bond acceptors (Lipinski definition) is 5. The molecule has 3 rings (SSSR count). The molecule has 4 unspecified atom stereocenters. The van der Waals surface area contributed by atoms with Crippen molar-refractivity contribution in [3.63, 3.8) is 0 Å². The summed E-state index contributed by atoms with van der Waals surface area (Å²) in [6.07, 6.45) is -1.29. The lowest BCUT2D eigenvalue weighted by molar-refractivity contribution is -0.161. The van der Waals surface area contributed by atoms with Gasteiger partial charge in [-0.2, -0.15) is 0 Å². The number of benzene rings is 2. The van der Waals surface area contributed by atoms with E-state index in [9.17, 15) is 19.8 Å². The van der Waals surface area contributed by atoms with Crippen LogP contribution in [0.4, 0.5) is 0 Å². The van der Waals surface area contributed by atoms with E-state index >= 15 is 0 Å². The van der Waals surface area contributed by atoms with Gasteiger partial charge in [-0.1, -0.05) is 74.5 Å². The zero-order valence-electron chi connectivity index (χ0n) is 16.6. The quantitative estimate of drug-likeness (QED) is 0.686. The van der Waals surface area contributed by atoms with E-state index in [0.29, 0.717) is 18.4 Å². The summed E-state index contributed by atoms with van der Waals surface area (Å²) in [5, 5.41) is 21.5. The minimum atomic E-state index is -1.22. The predicted octanol–water partition coefficient (Wildman–Crippen LogP) is 4.25. The van der Waals surface area contributed by atoms with Crippen molar-refractivity contribution in [1.29, 1.82) is 0 Å². The highest BCUT2D eigenvalue weighted by molar-refractivity contribution is 6.09. The van der Waals surface area contributed by atoms with E-state index in [1.807, 2.05) is 50.2 Å². The van der Waals surface area contributed by atoms with Gasteiger partial charge >= 0.3 is 5.97 Å². The Hall–Kier alpha value is -2.92. The molecule has 5 nitrogen and oxygen atoms in total. The molecule has 0 saturated heterocycles. The molecule has 0 aromatic heterocycles. The number of cyclic esters (lactones) is 1. The summed E-state index contributed by atoms with van der Waals surface area (Å²) in [6, 6.07) is 18.2. The largest absolute Gasteiger partial charge is 0.504 e. The van der Waals surface area contributed by atoms with Crippen LogP contribution in [0.5, 0.6) is 0 Å². The zero-order chi connectivity index (χ0) is 21.0. The molecule has 1 aliphatic rings. The number of hydrogen-bond donors (Lipinski definition) is 2. The van der Waals surface area contributed by atoms with Gasteiger partial charge in [-0.3, -0.25) is 4.79 Å². The number of aliphatic hydroxyl groups excluding tert-OH is 2. The number of carbonyl (C=O) groups is 2. The molecule has 0 aliphatic carbocycles. The molecular formula is C24H26O5. The molecule has 2 N–H and O–H groups in total. The van der Waals surface area contributed by atoms with Gasteiger partial charge in [-0.25, -0.2) is 4.79 Å². The van der Waals surface area contributed by atoms with E-state index in [1.54, 1.807) is 24.3 Å². The number of ether oxygens (including phenoxy) is 1. The Bertz CT molecular complexity index is 888. The third kappa shape index (κ3) is 4.10. The Kier molecular flexibility index (Phi) is 6.49. The van der Waals surface area contributed by atoms with Crippen molar-refractivity contribution in [3.8, 4) is 0 Å². The molecule has 5 heteroatoms. The second-order valence-electron chi connectivity index (χ2n) is 7.25. The summed E-state index contributed by atoms with van der Waals surface area (Å²) < 4.78 is 5.52. The average molecular weight is 394 g/mol. The van der Waals surface area contributed by atoms with Crippen molar-refractivity contribution in [3.05, 3.63) is 83.1 Å². The first kappa shape index (κ1) is 20.8. The maximum atomic E-state index is 13.0. The van der Waals surface area contributed by atoms with Gasteiger partial charge in [-0.15, -0.1) is 0 Å². The first-order valence-corrected chi connectivity index (χ1v) is 9.95. The SMILES string of the molecule is CCC(C1=C(O)C(=O)C(C(CC)C(O)c2ccccc2)OC1=O)c1ccccc1. The van der Waals surface area contributed by atoms with Crippen molar-refractivity contribution >= 4 is 11.8 Å². The average Bonchev–Trinajstić information content (AvgIpc) is 2.76. The van der Waals surface area contributed by atoms with Gasteiger partial charge in [-0.05, 0) is 24.0 Å². The maximum Gasteiger partial charge on any atom is 0.339 e. The number of Topliss-reactive ketones (excluding diaryl/α,β-unsaturated/α-hetero) is 1. The van der Waals surface area contributed by atoms with Gasteiger partial charge in [0.05, 0.1) is 11.7 Å². The fourth-order valence-corrected chi connectivity index (χ4v) is 3.98. The summed E-state index contributed by atoms with van der Waals surface area (Å²) in [7, 11) is 0. The number of esters is 1. The van der Waals surface area contributed by atoms with Crippen LogP contribution in [0.2, 0.25) is 0 Å². The van der Waals surface area contributed by atoms with Crippen LogP contribution >= 0.6 is 0 Å². The molecular weight excluding hydrogens is 368 g/mol. The van der Waals surface area contributed by atoms with Crippen LogP contribution in [-0.2, 0) is 14.3 Å². The van der Waals surface area contributed by atoms with Crippen molar-refractivity contribution in [2.24, 2.45) is 5.92 Å². The standard InChI is InChI=1S/C24H26O5/c1-3-17(15-11-7-5-8-12-15)19-21(26)22(27)23(29-24(19)28)18(4-2)20(25)16-13-9-6-10-14-16/h5-14,17-18,20,23,25-26H,3-4H2,1-2H3. The highest BCUT2D eigenvalue weighted by Gasteiger charge is 2.45. The highest BCUT2D eigenvalue weighted by Crippen LogP contribution is 2.38. The van der Waals surface area contributed by atoms with Crippen LogP contribution in [0, 0.1) is 5.92 Å². The van der Waals surface area contributed by atoms with Gasteiger partial charge in [0, 0.05) is 11.8 Å². The number of ketones is 1. The van der Waals surface area contributed by atoms with Crippen LogP contribution in [-0.4, -0.2) is 28.1 Å². The monoisotopic (exact) mass is 394 g/mol. The molecule has 2 aromatic carbocycles. The Morgan fingerprint density at radius 3 is 1.97 bits per heavy atom. The molecule has 1 heterocycles. The van der Waals surface area contributed by atoms with Crippen LogP contribution in [0.15, 0.2) is 72.0 Å². The van der Waals surface area contributed by atoms with Gasteiger partial charge in [0.2, 0.25) is 5.78 Å². The molecule has 0 bridgehead atoms. The van der Waals surface area contributed by atoms with E-state index in [0.717, 1.165) is 5.56 Å². The second-order valence-corrected chi connectivity index (χ2v) is 7.25. The van der Waals surface area contributed by atoms with Gasteiger partial charge in [0.25, 0.3) is 0 Å². The maximum absolute atomic E-state index is 13.0. The summed E-state index contributed by atoms with van der Waals surface area (Å²) in [6.45, 7) is 3.70. The van der Waals surface area contributed by atoms with Crippen molar-refractivity contribution in [2.75, 3.05) is 0 Å². The third-order valence-corrected chi connectivity index (χ3v) is 5.57. The lowest BCUT2D eigenvalue weighted by atomic mass is 9.81. The number of aliphatic hydroxyl groups is 2. The van der Waals surface area contributed by atoms with Crippen LogP contribution < -0.4 is 0 Å². The number of carbonyl (C=O) groups excluding carboxylic acids is 2. The van der Waals surface area contributed by atoms with Gasteiger partial charge in [0.15, 0.2) is 11.9 Å². The molecule has 0 radical (unpaired) electrons. The molecule has 29 heavy (non-hydrogen) atoms. The Labute approximate surface area is 170 Å². The van der Waals surface area contributed by atoms with Crippen LogP contribution in [0.1, 0.15) is 49.8 Å². The minimum Gasteiger partial charge on any atom is -0.504 e. The lowest BCUT2D eigenvalue weighted by Gasteiger charge is -2.33. The van der Waals surface area contributed by atoms with E-state index in [1.165, 1.54) is 0 Å². The molecule has 2 aromatic rings. The molecule has 152 valence electrons. The molecule has 0 amide bonds. The lowest BCUT2D eigenvalue weighted by Crippen LogP contribution is -2.43. The fourth-order valence-electron chi connectivity index (χ4n) is 3.98. The summed E-state index contributed by atoms with van der Waals surface area (Å²) in [4.78, 5) is 25.8. The van der Waals surface area contributed by atoms with Crippen LogP contribution in [0.3, 0.4) is 0 Å². The summed E-state index contributed by atoms with van der Waals surface area (Å²) in [5.74, 6) is -3.01. The summed E-state index contributed by atoms with van der Waals surface area (Å²) in [5.41, 5.74) is 1.45.